The minimum Gasteiger partial charge on any atom is -0.422 e. The van der Waals surface area contributed by atoms with E-state index in [0.29, 0.717) is 33.9 Å². The van der Waals surface area contributed by atoms with E-state index in [-0.39, 0.29) is 5.63 Å². The summed E-state index contributed by atoms with van der Waals surface area (Å²) in [5.41, 5.74) is 2.59. The second-order valence-electron chi connectivity index (χ2n) is 5.65. The minimum atomic E-state index is -0.414. The van der Waals surface area contributed by atoms with Gasteiger partial charge in [0.15, 0.2) is 5.58 Å². The van der Waals surface area contributed by atoms with Crippen molar-refractivity contribution in [1.29, 1.82) is 0 Å². The van der Waals surface area contributed by atoms with Gasteiger partial charge in [-0.3, -0.25) is 0 Å². The Hall–Kier alpha value is -2.36. The summed E-state index contributed by atoms with van der Waals surface area (Å²) in [5, 5.41) is 1.14. The summed E-state index contributed by atoms with van der Waals surface area (Å²) >= 11 is 0. The van der Waals surface area contributed by atoms with Crippen LogP contribution >= 0.6 is 0 Å². The van der Waals surface area contributed by atoms with E-state index in [2.05, 4.69) is 0 Å². The highest BCUT2D eigenvalue weighted by Crippen LogP contribution is 2.29. The number of hydrogen-bond acceptors (Lipinski definition) is 4. The van der Waals surface area contributed by atoms with Gasteiger partial charge in [-0.25, -0.2) is 9.59 Å². The molecule has 0 unspecified atom stereocenters. The van der Waals surface area contributed by atoms with E-state index >= 15 is 0 Å². The topological polar surface area (TPSA) is 60.4 Å². The molecule has 0 bridgehead atoms. The maximum Gasteiger partial charge on any atom is 0.347 e. The van der Waals surface area contributed by atoms with Gasteiger partial charge in [-0.2, -0.15) is 0 Å². The largest absolute Gasteiger partial charge is 0.422 e. The van der Waals surface area contributed by atoms with Gasteiger partial charge < -0.3 is 8.83 Å². The zero-order valence-electron chi connectivity index (χ0n) is 11.7. The summed E-state index contributed by atoms with van der Waals surface area (Å²) < 4.78 is 10.9. The molecule has 0 fully saturated rings. The molecule has 0 spiro atoms. The lowest BCUT2D eigenvalue weighted by molar-refractivity contribution is 0.522. The Morgan fingerprint density at radius 2 is 1.71 bits per heavy atom. The molecule has 0 saturated heterocycles. The van der Waals surface area contributed by atoms with Crippen LogP contribution < -0.4 is 11.3 Å². The molecule has 0 radical (unpaired) electrons. The normalized spacial score (nSPS) is 14.5. The molecule has 1 aromatic carbocycles. The van der Waals surface area contributed by atoms with Crippen molar-refractivity contribution in [2.75, 3.05) is 0 Å². The van der Waals surface area contributed by atoms with Crippen LogP contribution in [0, 0.1) is 6.92 Å². The van der Waals surface area contributed by atoms with Gasteiger partial charge in [0.25, 0.3) is 0 Å². The minimum absolute atomic E-state index is 0.314. The summed E-state index contributed by atoms with van der Waals surface area (Å²) in [5.74, 6) is 0. The number of rotatable bonds is 0. The summed E-state index contributed by atoms with van der Waals surface area (Å²) in [6, 6.07) is 5.50. The van der Waals surface area contributed by atoms with E-state index in [1.54, 1.807) is 6.07 Å². The number of aryl methyl sites for hydroxylation is 2. The third-order valence-corrected chi connectivity index (χ3v) is 4.22. The van der Waals surface area contributed by atoms with E-state index in [0.717, 1.165) is 30.4 Å². The molecule has 1 aliphatic rings. The monoisotopic (exact) mass is 282 g/mol. The lowest BCUT2D eigenvalue weighted by atomic mass is 9.91. The molecule has 0 aliphatic heterocycles. The standard InChI is InChI=1S/C17H14O4/c1-9-6-7-13-12(8-9)15-14(17(19)20-13)10-4-2-3-5-11(10)16(18)21-15/h6-8H,2-5H2,1H3. The summed E-state index contributed by atoms with van der Waals surface area (Å²) in [6.07, 6.45) is 3.36. The summed E-state index contributed by atoms with van der Waals surface area (Å²) in [7, 11) is 0. The molecule has 2 heterocycles. The van der Waals surface area contributed by atoms with Crippen LogP contribution in [0.4, 0.5) is 0 Å². The van der Waals surface area contributed by atoms with E-state index in [1.807, 2.05) is 19.1 Å². The lowest BCUT2D eigenvalue weighted by Gasteiger charge is -2.15. The first-order chi connectivity index (χ1) is 10.1. The number of benzene rings is 1. The fraction of sp³-hybridized carbons (Fsp3) is 0.294. The first kappa shape index (κ1) is 12.4. The molecule has 4 rings (SSSR count). The Morgan fingerprint density at radius 3 is 2.52 bits per heavy atom. The average Bonchev–Trinajstić information content (AvgIpc) is 2.48. The van der Waals surface area contributed by atoms with Crippen LogP contribution in [0.15, 0.2) is 36.6 Å². The fourth-order valence-corrected chi connectivity index (χ4v) is 3.22. The van der Waals surface area contributed by atoms with Gasteiger partial charge in [0.05, 0.1) is 5.39 Å². The van der Waals surface area contributed by atoms with E-state index in [1.165, 1.54) is 0 Å². The Kier molecular flexibility index (Phi) is 2.55. The zero-order chi connectivity index (χ0) is 14.6. The maximum absolute atomic E-state index is 12.3. The highest BCUT2D eigenvalue weighted by atomic mass is 16.4. The van der Waals surface area contributed by atoms with Gasteiger partial charge in [0.2, 0.25) is 0 Å². The molecule has 4 heteroatoms. The molecule has 0 amide bonds. The first-order valence-electron chi connectivity index (χ1n) is 7.17. The van der Waals surface area contributed by atoms with Crippen LogP contribution in [-0.2, 0) is 12.8 Å². The Balaban J connectivity index is 2.29. The van der Waals surface area contributed by atoms with Crippen molar-refractivity contribution in [3.05, 3.63) is 55.7 Å². The molecule has 2 aromatic heterocycles. The van der Waals surface area contributed by atoms with Crippen LogP contribution in [-0.4, -0.2) is 0 Å². The predicted octanol–water partition coefficient (Wildman–Crippen LogP) is 3.09. The Labute approximate surface area is 120 Å². The van der Waals surface area contributed by atoms with Gasteiger partial charge >= 0.3 is 11.3 Å². The van der Waals surface area contributed by atoms with Gasteiger partial charge in [-0.05, 0) is 50.3 Å². The number of hydrogen-bond donors (Lipinski definition) is 0. The molecule has 0 N–H and O–H groups in total. The highest BCUT2D eigenvalue weighted by Gasteiger charge is 2.22. The maximum atomic E-state index is 12.3. The molecule has 4 nitrogen and oxygen atoms in total. The zero-order valence-corrected chi connectivity index (χ0v) is 11.7. The third-order valence-electron chi connectivity index (χ3n) is 4.22. The van der Waals surface area contributed by atoms with Crippen molar-refractivity contribution >= 4 is 21.9 Å². The highest BCUT2D eigenvalue weighted by molar-refractivity contribution is 6.01. The van der Waals surface area contributed by atoms with E-state index in [4.69, 9.17) is 8.83 Å². The quantitative estimate of drug-likeness (QED) is 0.469. The fourth-order valence-electron chi connectivity index (χ4n) is 3.22. The lowest BCUT2D eigenvalue weighted by Crippen LogP contribution is -2.19. The molecule has 0 atom stereocenters. The molecule has 21 heavy (non-hydrogen) atoms. The van der Waals surface area contributed by atoms with Crippen molar-refractivity contribution in [2.45, 2.75) is 32.6 Å². The van der Waals surface area contributed by atoms with Crippen molar-refractivity contribution < 1.29 is 8.83 Å². The van der Waals surface area contributed by atoms with Gasteiger partial charge in [0, 0.05) is 5.56 Å². The molecule has 0 saturated carbocycles. The summed E-state index contributed by atoms with van der Waals surface area (Å²) in [4.78, 5) is 24.6. The molecular weight excluding hydrogens is 268 g/mol. The molecule has 1 aliphatic carbocycles. The molecule has 3 aromatic rings. The van der Waals surface area contributed by atoms with E-state index in [9.17, 15) is 9.59 Å². The van der Waals surface area contributed by atoms with Crippen molar-refractivity contribution in [3.8, 4) is 0 Å². The van der Waals surface area contributed by atoms with Crippen molar-refractivity contribution in [3.63, 3.8) is 0 Å². The second kappa shape index (κ2) is 4.32. The molecular formula is C17H14O4. The number of fused-ring (bicyclic) bond motifs is 5. The van der Waals surface area contributed by atoms with Crippen LogP contribution in [0.1, 0.15) is 29.5 Å². The average molecular weight is 282 g/mol. The third kappa shape index (κ3) is 1.75. The van der Waals surface area contributed by atoms with Crippen molar-refractivity contribution in [2.24, 2.45) is 0 Å². The second-order valence-corrected chi connectivity index (χ2v) is 5.65. The Bertz CT molecular complexity index is 991. The van der Waals surface area contributed by atoms with Gasteiger partial charge in [-0.15, -0.1) is 0 Å². The van der Waals surface area contributed by atoms with E-state index < -0.39 is 5.63 Å². The Morgan fingerprint density at radius 1 is 0.952 bits per heavy atom. The van der Waals surface area contributed by atoms with Gasteiger partial charge in [-0.1, -0.05) is 11.6 Å². The molecule has 106 valence electrons. The van der Waals surface area contributed by atoms with Crippen LogP contribution in [0.5, 0.6) is 0 Å². The first-order valence-corrected chi connectivity index (χ1v) is 7.17. The SMILES string of the molecule is Cc1ccc2oc(=O)c3c4c(c(=O)oc3c2c1)CCCC4. The smallest absolute Gasteiger partial charge is 0.347 e. The van der Waals surface area contributed by atoms with Crippen LogP contribution in [0.3, 0.4) is 0 Å². The summed E-state index contributed by atoms with van der Waals surface area (Å²) in [6.45, 7) is 1.95. The van der Waals surface area contributed by atoms with Gasteiger partial charge in [0.1, 0.15) is 11.0 Å². The van der Waals surface area contributed by atoms with Crippen LogP contribution in [0.2, 0.25) is 0 Å². The van der Waals surface area contributed by atoms with Crippen molar-refractivity contribution in [1.82, 2.24) is 0 Å². The van der Waals surface area contributed by atoms with Crippen LogP contribution in [0.25, 0.3) is 21.9 Å². The predicted molar refractivity (Wildman–Crippen MR) is 79.9 cm³/mol.